The van der Waals surface area contributed by atoms with E-state index < -0.39 is 0 Å². The van der Waals surface area contributed by atoms with Crippen LogP contribution >= 0.6 is 0 Å². The smallest absolute Gasteiger partial charge is 0.00712 e. The summed E-state index contributed by atoms with van der Waals surface area (Å²) in [5.74, 6) is 3.60. The highest BCUT2D eigenvalue weighted by Crippen LogP contribution is 2.36. The minimum Gasteiger partial charge on any atom is -0.00712 e. The molecule has 0 aromatic rings. The van der Waals surface area contributed by atoms with E-state index in [1.807, 2.05) is 0 Å². The van der Waals surface area contributed by atoms with Crippen LogP contribution in [0.3, 0.4) is 0 Å². The zero-order valence-corrected chi connectivity index (χ0v) is 3.49. The van der Waals surface area contributed by atoms with Crippen LogP contribution in [0.5, 0.6) is 0 Å². The van der Waals surface area contributed by atoms with Gasteiger partial charge in [-0.3, -0.25) is 0 Å². The number of hydrogen-bond acceptors (Lipinski definition) is 0. The van der Waals surface area contributed by atoms with Crippen molar-refractivity contribution in [3.05, 3.63) is 18.1 Å². The first-order valence-electron chi connectivity index (χ1n) is 1.85. The third kappa shape index (κ3) is 0.290. The Morgan fingerprint density at radius 3 is 2.50 bits per heavy atom. The van der Waals surface area contributed by atoms with Crippen LogP contribution < -0.4 is 0 Å². The van der Waals surface area contributed by atoms with Crippen molar-refractivity contribution in [1.29, 1.82) is 0 Å². The second kappa shape index (κ2) is 0.815. The molecule has 1 rings (SSSR count). The second-order valence-corrected chi connectivity index (χ2v) is 1.40. The maximum atomic E-state index is 4.98. The minimum atomic E-state index is 0.983. The molecule has 0 aliphatic heterocycles. The fourth-order valence-electron chi connectivity index (χ4n) is 0.322. The van der Waals surface area contributed by atoms with Crippen LogP contribution in [-0.2, 0) is 0 Å². The highest BCUT2D eigenvalue weighted by molar-refractivity contribution is 5.52. The lowest BCUT2D eigenvalue weighted by Crippen LogP contribution is -1.51. The van der Waals surface area contributed by atoms with Gasteiger partial charge in [-0.15, -0.1) is 0 Å². The topological polar surface area (TPSA) is 0 Å². The molecule has 0 aromatic heterocycles. The summed E-state index contributed by atoms with van der Waals surface area (Å²) < 4.78 is 0. The van der Waals surface area contributed by atoms with Crippen molar-refractivity contribution in [2.75, 3.05) is 0 Å². The van der Waals surface area contributed by atoms with Crippen molar-refractivity contribution in [1.82, 2.24) is 0 Å². The lowest BCUT2D eigenvalue weighted by atomic mass is 10.4. The predicted molar refractivity (Wildman–Crippen MR) is 25.8 cm³/mol. The Morgan fingerprint density at radius 1 is 2.00 bits per heavy atom. The molecule has 28 valence electrons. The Bertz CT molecular complexity index is 114. The first-order valence-corrected chi connectivity index (χ1v) is 1.85. The Morgan fingerprint density at radius 2 is 2.50 bits per heavy atom. The van der Waals surface area contributed by atoms with Crippen LogP contribution in [0.4, 0.5) is 0 Å². The highest BCUT2D eigenvalue weighted by Gasteiger charge is 2.34. The van der Waals surface area contributed by atoms with Crippen LogP contribution in [0.1, 0.15) is 6.42 Å². The van der Waals surface area contributed by atoms with Crippen LogP contribution in [-0.4, -0.2) is 0 Å². The lowest BCUT2D eigenvalue weighted by Gasteiger charge is -1.49. The standard InChI is InChI=1S/C6H5/c1-3-6-4-5(6)2/h1H,2,4H2/q+1. The summed E-state index contributed by atoms with van der Waals surface area (Å²) in [7, 11) is 0. The fraction of sp³-hybridized carbons (Fsp3) is 0.167. The molecule has 1 aliphatic carbocycles. The number of allylic oxidation sites excluding steroid dienone is 1. The maximum absolute atomic E-state index is 4.98. The molecule has 0 aromatic carbocycles. The van der Waals surface area contributed by atoms with Crippen molar-refractivity contribution in [2.45, 2.75) is 6.42 Å². The van der Waals surface area contributed by atoms with Gasteiger partial charge in [-0.05, 0) is 6.58 Å². The SMILES string of the molecule is C#C[C+]1CC1=C. The van der Waals surface area contributed by atoms with Crippen LogP contribution in [0, 0.1) is 18.3 Å². The summed E-state index contributed by atoms with van der Waals surface area (Å²) in [5, 5.41) is 0. The van der Waals surface area contributed by atoms with Gasteiger partial charge in [0.2, 0.25) is 0 Å². The van der Waals surface area contributed by atoms with E-state index in [4.69, 9.17) is 6.42 Å². The van der Waals surface area contributed by atoms with Gasteiger partial charge in [0.1, 0.15) is 5.92 Å². The van der Waals surface area contributed by atoms with Gasteiger partial charge in [-0.1, -0.05) is 0 Å². The average Bonchev–Trinajstić information content (AvgIpc) is 2.19. The molecule has 0 radical (unpaired) electrons. The highest BCUT2D eigenvalue weighted by atomic mass is 14.3. The fourth-order valence-corrected chi connectivity index (χ4v) is 0.322. The minimum absolute atomic E-state index is 0.983. The van der Waals surface area contributed by atoms with Gasteiger partial charge in [0.05, 0.1) is 17.9 Å². The van der Waals surface area contributed by atoms with Crippen LogP contribution in [0.15, 0.2) is 12.2 Å². The molecule has 0 unspecified atom stereocenters. The van der Waals surface area contributed by atoms with Crippen LogP contribution in [0.25, 0.3) is 0 Å². The van der Waals surface area contributed by atoms with Gasteiger partial charge < -0.3 is 0 Å². The summed E-state index contributed by atoms with van der Waals surface area (Å²) in [6.45, 7) is 3.64. The second-order valence-electron chi connectivity index (χ2n) is 1.40. The molecule has 0 saturated heterocycles. The summed E-state index contributed by atoms with van der Waals surface area (Å²) in [5.41, 5.74) is 1.14. The molecule has 0 N–H and O–H groups in total. The van der Waals surface area contributed by atoms with Crippen molar-refractivity contribution in [3.63, 3.8) is 0 Å². The van der Waals surface area contributed by atoms with E-state index in [0.29, 0.717) is 0 Å². The molecule has 0 heterocycles. The Balaban J connectivity index is 2.51. The molecule has 1 aliphatic rings. The van der Waals surface area contributed by atoms with Crippen molar-refractivity contribution >= 4 is 0 Å². The largest absolute Gasteiger partial charge is 0.116 e. The summed E-state index contributed by atoms with van der Waals surface area (Å²) in [6, 6.07) is 0. The Kier molecular flexibility index (Phi) is 0.457. The lowest BCUT2D eigenvalue weighted by molar-refractivity contribution is 1.62. The van der Waals surface area contributed by atoms with Gasteiger partial charge in [-0.25, -0.2) is 0 Å². The van der Waals surface area contributed by atoms with E-state index in [-0.39, 0.29) is 0 Å². The van der Waals surface area contributed by atoms with Gasteiger partial charge >= 0.3 is 0 Å². The molecular weight excluding hydrogens is 72.1 g/mol. The van der Waals surface area contributed by atoms with Gasteiger partial charge in [-0.2, -0.15) is 0 Å². The molecule has 0 heteroatoms. The van der Waals surface area contributed by atoms with E-state index in [0.717, 1.165) is 17.9 Å². The molecule has 6 heavy (non-hydrogen) atoms. The molecule has 1 saturated carbocycles. The van der Waals surface area contributed by atoms with Gasteiger partial charge in [0, 0.05) is 6.42 Å². The summed E-state index contributed by atoms with van der Waals surface area (Å²) in [6.07, 6.45) is 5.96. The number of rotatable bonds is 0. The molecule has 1 fully saturated rings. The molecule has 0 amide bonds. The van der Waals surface area contributed by atoms with E-state index in [1.54, 1.807) is 0 Å². The van der Waals surface area contributed by atoms with E-state index in [2.05, 4.69) is 12.5 Å². The van der Waals surface area contributed by atoms with Gasteiger partial charge in [0.15, 0.2) is 0 Å². The molecule has 0 nitrogen and oxygen atoms in total. The van der Waals surface area contributed by atoms with Crippen molar-refractivity contribution < 1.29 is 0 Å². The molecule has 0 spiro atoms. The zero-order valence-electron chi connectivity index (χ0n) is 3.49. The Hall–Kier alpha value is -0.830. The first kappa shape index (κ1) is 3.36. The third-order valence-electron chi connectivity index (χ3n) is 0.866. The normalized spacial score (nSPS) is 17.2. The first-order chi connectivity index (χ1) is 2.84. The molecular formula is C6H5+. The summed E-state index contributed by atoms with van der Waals surface area (Å²) in [4.78, 5) is 0. The van der Waals surface area contributed by atoms with Gasteiger partial charge in [0.25, 0.3) is 0 Å². The third-order valence-corrected chi connectivity index (χ3v) is 0.866. The van der Waals surface area contributed by atoms with E-state index >= 15 is 0 Å². The van der Waals surface area contributed by atoms with Crippen molar-refractivity contribution in [3.8, 4) is 12.3 Å². The van der Waals surface area contributed by atoms with E-state index in [9.17, 15) is 0 Å². The predicted octanol–water partition coefficient (Wildman–Crippen LogP) is 1.15. The Labute approximate surface area is 37.9 Å². The number of terminal acetylenes is 1. The van der Waals surface area contributed by atoms with Crippen LogP contribution in [0.2, 0.25) is 0 Å². The monoisotopic (exact) mass is 77.0 g/mol. The summed E-state index contributed by atoms with van der Waals surface area (Å²) >= 11 is 0. The van der Waals surface area contributed by atoms with E-state index in [1.165, 1.54) is 0 Å². The quantitative estimate of drug-likeness (QED) is 0.300. The average molecular weight is 77.1 g/mol. The molecule has 0 bridgehead atoms. The maximum Gasteiger partial charge on any atom is 0.116 e. The number of hydrogen-bond donors (Lipinski definition) is 0. The van der Waals surface area contributed by atoms with Crippen molar-refractivity contribution in [2.24, 2.45) is 0 Å². The molecule has 0 atom stereocenters. The zero-order chi connectivity index (χ0) is 4.57.